The number of rotatable bonds is 5. The molecule has 1 aromatic rings. The van der Waals surface area contributed by atoms with E-state index in [1.807, 2.05) is 0 Å². The van der Waals surface area contributed by atoms with Gasteiger partial charge in [-0.2, -0.15) is 0 Å². The standard InChI is InChI=1S/C18H26O/c1-7-11-19-17-10-9-16(18(4,5)6)13-15(17)12-14(3)8-2/h2,9-10,13-14H,7,11-12H2,1,3-6H3. The molecule has 19 heavy (non-hydrogen) atoms. The Kier molecular flexibility index (Phi) is 5.48. The maximum absolute atomic E-state index is 5.83. The molecule has 0 N–H and O–H groups in total. The van der Waals surface area contributed by atoms with E-state index in [0.717, 1.165) is 25.2 Å². The Hall–Kier alpha value is -1.42. The van der Waals surface area contributed by atoms with Gasteiger partial charge in [0.25, 0.3) is 0 Å². The lowest BCUT2D eigenvalue weighted by Gasteiger charge is -2.22. The Balaban J connectivity index is 3.07. The van der Waals surface area contributed by atoms with Crippen LogP contribution in [0.4, 0.5) is 0 Å². The number of ether oxygens (including phenoxy) is 1. The lowest BCUT2D eigenvalue weighted by molar-refractivity contribution is 0.313. The van der Waals surface area contributed by atoms with Crippen LogP contribution in [0.3, 0.4) is 0 Å². The van der Waals surface area contributed by atoms with Crippen molar-refractivity contribution in [2.24, 2.45) is 5.92 Å². The molecule has 0 amide bonds. The summed E-state index contributed by atoms with van der Waals surface area (Å²) in [4.78, 5) is 0. The zero-order chi connectivity index (χ0) is 14.5. The third kappa shape index (κ3) is 4.63. The van der Waals surface area contributed by atoms with Crippen molar-refractivity contribution in [3.63, 3.8) is 0 Å². The first-order chi connectivity index (χ1) is 8.88. The van der Waals surface area contributed by atoms with Crippen LogP contribution in [0.2, 0.25) is 0 Å². The predicted octanol–water partition coefficient (Wildman–Crippen LogP) is 4.58. The molecule has 104 valence electrons. The second-order valence-corrected chi connectivity index (χ2v) is 6.19. The molecule has 1 rings (SSSR count). The highest BCUT2D eigenvalue weighted by Crippen LogP contribution is 2.29. The van der Waals surface area contributed by atoms with Crippen molar-refractivity contribution in [1.29, 1.82) is 0 Å². The minimum absolute atomic E-state index is 0.150. The van der Waals surface area contributed by atoms with E-state index in [4.69, 9.17) is 11.2 Å². The van der Waals surface area contributed by atoms with E-state index in [1.165, 1.54) is 11.1 Å². The van der Waals surface area contributed by atoms with Crippen molar-refractivity contribution in [1.82, 2.24) is 0 Å². The van der Waals surface area contributed by atoms with E-state index in [9.17, 15) is 0 Å². The van der Waals surface area contributed by atoms with E-state index in [-0.39, 0.29) is 11.3 Å². The van der Waals surface area contributed by atoms with Gasteiger partial charge in [0.15, 0.2) is 0 Å². The highest BCUT2D eigenvalue weighted by atomic mass is 16.5. The van der Waals surface area contributed by atoms with E-state index < -0.39 is 0 Å². The number of terminal acetylenes is 1. The molecule has 0 aliphatic heterocycles. The summed E-state index contributed by atoms with van der Waals surface area (Å²) in [6.07, 6.45) is 7.40. The first kappa shape index (κ1) is 15.6. The van der Waals surface area contributed by atoms with Crippen molar-refractivity contribution >= 4 is 0 Å². The van der Waals surface area contributed by atoms with Crippen LogP contribution in [-0.4, -0.2) is 6.61 Å². The average Bonchev–Trinajstić information content (AvgIpc) is 2.35. The summed E-state index contributed by atoms with van der Waals surface area (Å²) in [5.74, 6) is 4.02. The topological polar surface area (TPSA) is 9.23 Å². The first-order valence-corrected chi connectivity index (χ1v) is 7.10. The summed E-state index contributed by atoms with van der Waals surface area (Å²) in [5.41, 5.74) is 2.71. The van der Waals surface area contributed by atoms with Gasteiger partial charge in [-0.15, -0.1) is 12.3 Å². The van der Waals surface area contributed by atoms with Gasteiger partial charge in [0.1, 0.15) is 5.75 Å². The largest absolute Gasteiger partial charge is 0.493 e. The lowest BCUT2D eigenvalue weighted by atomic mass is 9.85. The molecule has 1 aromatic carbocycles. The molecule has 0 saturated carbocycles. The van der Waals surface area contributed by atoms with E-state index in [2.05, 4.69) is 58.7 Å². The van der Waals surface area contributed by atoms with Crippen LogP contribution in [0.25, 0.3) is 0 Å². The Morgan fingerprint density at radius 1 is 1.32 bits per heavy atom. The molecule has 0 aliphatic carbocycles. The van der Waals surface area contributed by atoms with Crippen LogP contribution < -0.4 is 4.74 Å². The molecule has 0 aromatic heterocycles. The molecule has 1 atom stereocenters. The Labute approximate surface area is 118 Å². The molecule has 0 heterocycles. The Bertz CT molecular complexity index is 446. The zero-order valence-corrected chi connectivity index (χ0v) is 12.9. The molecule has 0 saturated heterocycles. The van der Waals surface area contributed by atoms with Gasteiger partial charge in [-0.25, -0.2) is 0 Å². The molecule has 0 fully saturated rings. The highest BCUT2D eigenvalue weighted by molar-refractivity contribution is 5.40. The van der Waals surface area contributed by atoms with Crippen LogP contribution in [0.15, 0.2) is 18.2 Å². The van der Waals surface area contributed by atoms with Gasteiger partial charge in [0.2, 0.25) is 0 Å². The minimum atomic E-state index is 0.150. The predicted molar refractivity (Wildman–Crippen MR) is 82.6 cm³/mol. The quantitative estimate of drug-likeness (QED) is 0.702. The maximum Gasteiger partial charge on any atom is 0.122 e. The average molecular weight is 258 g/mol. The van der Waals surface area contributed by atoms with Crippen LogP contribution in [0, 0.1) is 18.3 Å². The summed E-state index contributed by atoms with van der Waals surface area (Å²) in [6.45, 7) is 11.6. The second kappa shape index (κ2) is 6.66. The van der Waals surface area contributed by atoms with Crippen LogP contribution in [-0.2, 0) is 11.8 Å². The molecule has 0 bridgehead atoms. The fourth-order valence-corrected chi connectivity index (χ4v) is 1.95. The molecular weight excluding hydrogens is 232 g/mol. The van der Waals surface area contributed by atoms with Crippen molar-refractivity contribution in [2.75, 3.05) is 6.61 Å². The van der Waals surface area contributed by atoms with E-state index >= 15 is 0 Å². The summed E-state index contributed by atoms with van der Waals surface area (Å²) in [7, 11) is 0. The van der Waals surface area contributed by atoms with E-state index in [1.54, 1.807) is 0 Å². The Morgan fingerprint density at radius 2 is 2.00 bits per heavy atom. The molecule has 0 spiro atoms. The number of hydrogen-bond acceptors (Lipinski definition) is 1. The molecule has 0 aliphatic rings. The third-order valence-corrected chi connectivity index (χ3v) is 3.20. The van der Waals surface area contributed by atoms with Gasteiger partial charge in [-0.05, 0) is 35.4 Å². The molecule has 0 radical (unpaired) electrons. The van der Waals surface area contributed by atoms with Gasteiger partial charge in [0.05, 0.1) is 6.61 Å². The first-order valence-electron chi connectivity index (χ1n) is 7.10. The minimum Gasteiger partial charge on any atom is -0.493 e. The van der Waals surface area contributed by atoms with Gasteiger partial charge >= 0.3 is 0 Å². The van der Waals surface area contributed by atoms with Gasteiger partial charge in [0, 0.05) is 5.92 Å². The summed E-state index contributed by atoms with van der Waals surface area (Å²) in [6, 6.07) is 6.50. The molecule has 1 unspecified atom stereocenters. The highest BCUT2D eigenvalue weighted by Gasteiger charge is 2.16. The van der Waals surface area contributed by atoms with E-state index in [0.29, 0.717) is 0 Å². The lowest BCUT2D eigenvalue weighted by Crippen LogP contribution is -2.12. The van der Waals surface area contributed by atoms with Crippen LogP contribution in [0.5, 0.6) is 5.75 Å². The van der Waals surface area contributed by atoms with Gasteiger partial charge in [-0.1, -0.05) is 46.8 Å². The smallest absolute Gasteiger partial charge is 0.122 e. The number of benzene rings is 1. The van der Waals surface area contributed by atoms with Crippen LogP contribution in [0.1, 0.15) is 52.2 Å². The number of hydrogen-bond donors (Lipinski definition) is 0. The van der Waals surface area contributed by atoms with Crippen molar-refractivity contribution in [3.8, 4) is 18.1 Å². The third-order valence-electron chi connectivity index (χ3n) is 3.20. The fraction of sp³-hybridized carbons (Fsp3) is 0.556. The second-order valence-electron chi connectivity index (χ2n) is 6.19. The summed E-state index contributed by atoms with van der Waals surface area (Å²) < 4.78 is 5.83. The van der Waals surface area contributed by atoms with Crippen molar-refractivity contribution < 1.29 is 4.74 Å². The summed E-state index contributed by atoms with van der Waals surface area (Å²) >= 11 is 0. The van der Waals surface area contributed by atoms with Crippen molar-refractivity contribution in [2.45, 2.75) is 52.9 Å². The van der Waals surface area contributed by atoms with Gasteiger partial charge in [-0.3, -0.25) is 0 Å². The maximum atomic E-state index is 5.83. The summed E-state index contributed by atoms with van der Waals surface area (Å²) in [5, 5.41) is 0. The fourth-order valence-electron chi connectivity index (χ4n) is 1.95. The van der Waals surface area contributed by atoms with Crippen LogP contribution >= 0.6 is 0 Å². The zero-order valence-electron chi connectivity index (χ0n) is 12.9. The van der Waals surface area contributed by atoms with Gasteiger partial charge < -0.3 is 4.74 Å². The SMILES string of the molecule is C#CC(C)Cc1cc(C(C)(C)C)ccc1OCCC. The molecule has 1 nitrogen and oxygen atoms in total. The molecular formula is C18H26O. The molecule has 1 heteroatoms. The Morgan fingerprint density at radius 3 is 2.53 bits per heavy atom. The monoisotopic (exact) mass is 258 g/mol. The normalized spacial score (nSPS) is 12.8. The van der Waals surface area contributed by atoms with Crippen molar-refractivity contribution in [3.05, 3.63) is 29.3 Å².